The summed E-state index contributed by atoms with van der Waals surface area (Å²) in [6.07, 6.45) is 3.33. The Morgan fingerprint density at radius 1 is 1.63 bits per heavy atom. The van der Waals surface area contributed by atoms with Gasteiger partial charge in [0.15, 0.2) is 5.15 Å². The van der Waals surface area contributed by atoms with Crippen molar-refractivity contribution in [3.05, 3.63) is 35.9 Å². The number of nitrogens with zero attached hydrogens (tertiary/aromatic N) is 5. The van der Waals surface area contributed by atoms with Gasteiger partial charge in [0.05, 0.1) is 24.2 Å². The summed E-state index contributed by atoms with van der Waals surface area (Å²) < 4.78 is 1.40. The molecule has 2 heterocycles. The number of carboxylic acid groups (broad SMARTS) is 1. The van der Waals surface area contributed by atoms with Gasteiger partial charge in [-0.05, 0) is 12.1 Å². The molecule has 1 N–H and O–H groups in total. The van der Waals surface area contributed by atoms with Crippen molar-refractivity contribution in [2.75, 3.05) is 11.4 Å². The van der Waals surface area contributed by atoms with E-state index < -0.39 is 6.09 Å². The number of halogens is 1. The number of aromatic nitrogens is 3. The van der Waals surface area contributed by atoms with Crippen LogP contribution in [0.25, 0.3) is 5.69 Å². The maximum Gasteiger partial charge on any atom is 0.412 e. The van der Waals surface area contributed by atoms with Gasteiger partial charge in [0.1, 0.15) is 12.2 Å². The quantitative estimate of drug-likeness (QED) is 0.865. The van der Waals surface area contributed by atoms with Crippen molar-refractivity contribution in [3.63, 3.8) is 0 Å². The standard InChI is InChI=1S/C11H8ClN5O2/c12-10-9(16(5-3-13)11(18)19)7-17(15-10)8-2-1-4-14-6-8/h1-2,4,6-7H,5H2,(H,18,19). The predicted octanol–water partition coefficient (Wildman–Crippen LogP) is 1.93. The Morgan fingerprint density at radius 2 is 2.42 bits per heavy atom. The molecule has 0 aliphatic carbocycles. The topological polar surface area (TPSA) is 95.0 Å². The number of pyridine rings is 1. The second-order valence-electron chi connectivity index (χ2n) is 3.49. The van der Waals surface area contributed by atoms with Crippen LogP contribution in [0.5, 0.6) is 0 Å². The molecule has 1 amide bonds. The average Bonchev–Trinajstić information content (AvgIpc) is 2.78. The first-order chi connectivity index (χ1) is 9.13. The highest BCUT2D eigenvalue weighted by molar-refractivity contribution is 6.32. The van der Waals surface area contributed by atoms with Crippen LogP contribution >= 0.6 is 11.6 Å². The van der Waals surface area contributed by atoms with Crippen LogP contribution in [-0.2, 0) is 0 Å². The number of rotatable bonds is 3. The molecule has 0 atom stereocenters. The Balaban J connectivity index is 2.41. The third-order valence-electron chi connectivity index (χ3n) is 2.31. The molecule has 0 aliphatic heterocycles. The molecule has 0 fully saturated rings. The minimum atomic E-state index is -1.27. The van der Waals surface area contributed by atoms with E-state index >= 15 is 0 Å². The first-order valence-electron chi connectivity index (χ1n) is 5.16. The Kier molecular flexibility index (Phi) is 3.63. The summed E-state index contributed by atoms with van der Waals surface area (Å²) in [6, 6.07) is 5.22. The number of hydrogen-bond donors (Lipinski definition) is 1. The molecule has 0 saturated carbocycles. The van der Waals surface area contributed by atoms with Crippen molar-refractivity contribution in [2.45, 2.75) is 0 Å². The monoisotopic (exact) mass is 277 g/mol. The SMILES string of the molecule is N#CCN(C(=O)O)c1cn(-c2cccnc2)nc1Cl. The van der Waals surface area contributed by atoms with Gasteiger partial charge in [-0.2, -0.15) is 10.4 Å². The van der Waals surface area contributed by atoms with E-state index in [2.05, 4.69) is 10.1 Å². The van der Waals surface area contributed by atoms with Crippen LogP contribution < -0.4 is 4.90 Å². The Bertz CT molecular complexity index is 634. The lowest BCUT2D eigenvalue weighted by Crippen LogP contribution is -2.29. The van der Waals surface area contributed by atoms with Crippen LogP contribution in [0, 0.1) is 11.3 Å². The van der Waals surface area contributed by atoms with Crippen LogP contribution in [0.4, 0.5) is 10.5 Å². The van der Waals surface area contributed by atoms with Crippen LogP contribution in [0.1, 0.15) is 0 Å². The Hall–Kier alpha value is -2.59. The third kappa shape index (κ3) is 2.64. The zero-order valence-corrected chi connectivity index (χ0v) is 10.3. The van der Waals surface area contributed by atoms with Crippen molar-refractivity contribution >= 4 is 23.4 Å². The molecule has 0 aromatic carbocycles. The summed E-state index contributed by atoms with van der Waals surface area (Å²) in [7, 11) is 0. The molecule has 0 unspecified atom stereocenters. The molecule has 0 spiro atoms. The van der Waals surface area contributed by atoms with Crippen molar-refractivity contribution in [3.8, 4) is 11.8 Å². The van der Waals surface area contributed by atoms with Crippen molar-refractivity contribution in [1.29, 1.82) is 5.26 Å². The third-order valence-corrected chi connectivity index (χ3v) is 2.58. The first kappa shape index (κ1) is 12.9. The van der Waals surface area contributed by atoms with Gasteiger partial charge in [-0.25, -0.2) is 9.48 Å². The smallest absolute Gasteiger partial charge is 0.412 e. The largest absolute Gasteiger partial charge is 0.465 e. The molecule has 7 nitrogen and oxygen atoms in total. The summed E-state index contributed by atoms with van der Waals surface area (Å²) in [4.78, 5) is 15.8. The second kappa shape index (κ2) is 5.37. The van der Waals surface area contributed by atoms with Gasteiger partial charge in [0.25, 0.3) is 0 Å². The molecule has 0 bridgehead atoms. The van der Waals surface area contributed by atoms with E-state index in [1.807, 2.05) is 0 Å². The summed E-state index contributed by atoms with van der Waals surface area (Å²) >= 11 is 5.90. The van der Waals surface area contributed by atoms with Gasteiger partial charge in [0.2, 0.25) is 0 Å². The van der Waals surface area contributed by atoms with Crippen molar-refractivity contribution < 1.29 is 9.90 Å². The normalized spacial score (nSPS) is 9.89. The molecular weight excluding hydrogens is 270 g/mol. The summed E-state index contributed by atoms with van der Waals surface area (Å²) in [5.74, 6) is 0. The number of amides is 1. The van der Waals surface area contributed by atoms with E-state index in [1.165, 1.54) is 10.9 Å². The number of hydrogen-bond acceptors (Lipinski definition) is 4. The molecule has 0 saturated heterocycles. The van der Waals surface area contributed by atoms with Gasteiger partial charge in [0, 0.05) is 6.20 Å². The zero-order chi connectivity index (χ0) is 13.8. The van der Waals surface area contributed by atoms with E-state index in [4.69, 9.17) is 22.0 Å². The Labute approximate surface area is 113 Å². The minimum Gasteiger partial charge on any atom is -0.465 e. The fraction of sp³-hybridized carbons (Fsp3) is 0.0909. The maximum atomic E-state index is 11.1. The number of nitriles is 1. The van der Waals surface area contributed by atoms with E-state index in [0.717, 1.165) is 4.90 Å². The lowest BCUT2D eigenvalue weighted by atomic mass is 10.4. The average molecular weight is 278 g/mol. The molecule has 8 heteroatoms. The molecule has 2 aromatic heterocycles. The fourth-order valence-corrected chi connectivity index (χ4v) is 1.71. The lowest BCUT2D eigenvalue weighted by molar-refractivity contribution is 0.202. The van der Waals surface area contributed by atoms with Gasteiger partial charge in [-0.3, -0.25) is 9.88 Å². The van der Waals surface area contributed by atoms with Gasteiger partial charge in [-0.1, -0.05) is 11.6 Å². The molecular formula is C11H8ClN5O2. The van der Waals surface area contributed by atoms with Crippen LogP contribution in [0.2, 0.25) is 5.15 Å². The van der Waals surface area contributed by atoms with Gasteiger partial charge >= 0.3 is 6.09 Å². The summed E-state index contributed by atoms with van der Waals surface area (Å²) in [5.41, 5.74) is 0.789. The van der Waals surface area contributed by atoms with Gasteiger partial charge in [-0.15, -0.1) is 0 Å². The van der Waals surface area contributed by atoms with Crippen LogP contribution in [0.15, 0.2) is 30.7 Å². The molecule has 19 heavy (non-hydrogen) atoms. The first-order valence-corrected chi connectivity index (χ1v) is 5.54. The van der Waals surface area contributed by atoms with E-state index in [1.54, 1.807) is 30.6 Å². The molecule has 2 aromatic rings. The molecule has 0 aliphatic rings. The maximum absolute atomic E-state index is 11.1. The van der Waals surface area contributed by atoms with Gasteiger partial charge < -0.3 is 5.11 Å². The zero-order valence-electron chi connectivity index (χ0n) is 9.56. The minimum absolute atomic E-state index is 0.00139. The predicted molar refractivity (Wildman–Crippen MR) is 67.4 cm³/mol. The van der Waals surface area contributed by atoms with E-state index in [0.29, 0.717) is 5.69 Å². The van der Waals surface area contributed by atoms with Crippen molar-refractivity contribution in [2.24, 2.45) is 0 Å². The number of carbonyl (C=O) groups is 1. The van der Waals surface area contributed by atoms with Crippen LogP contribution in [-0.4, -0.2) is 32.5 Å². The summed E-state index contributed by atoms with van der Waals surface area (Å²) in [6.45, 7) is -0.326. The highest BCUT2D eigenvalue weighted by Crippen LogP contribution is 2.25. The molecule has 0 radical (unpaired) electrons. The summed E-state index contributed by atoms with van der Waals surface area (Å²) in [5, 5.41) is 21.7. The van der Waals surface area contributed by atoms with Crippen molar-refractivity contribution in [1.82, 2.24) is 14.8 Å². The molecule has 2 rings (SSSR count). The number of anilines is 1. The molecule has 96 valence electrons. The second-order valence-corrected chi connectivity index (χ2v) is 3.85. The van der Waals surface area contributed by atoms with E-state index in [-0.39, 0.29) is 17.4 Å². The van der Waals surface area contributed by atoms with E-state index in [9.17, 15) is 4.79 Å². The highest BCUT2D eigenvalue weighted by atomic mass is 35.5. The van der Waals surface area contributed by atoms with Crippen LogP contribution in [0.3, 0.4) is 0 Å². The fourth-order valence-electron chi connectivity index (χ4n) is 1.47. The Morgan fingerprint density at radius 3 is 3.00 bits per heavy atom. The highest BCUT2D eigenvalue weighted by Gasteiger charge is 2.20. The lowest BCUT2D eigenvalue weighted by Gasteiger charge is -2.12.